The van der Waals surface area contributed by atoms with Crippen LogP contribution >= 0.6 is 23.4 Å². The van der Waals surface area contributed by atoms with E-state index in [1.807, 2.05) is 16.7 Å². The molecule has 1 unspecified atom stereocenters. The van der Waals surface area contributed by atoms with Crippen molar-refractivity contribution in [2.24, 2.45) is 0 Å². The van der Waals surface area contributed by atoms with Crippen molar-refractivity contribution in [1.82, 2.24) is 15.0 Å². The number of rotatable bonds is 8. The molecule has 0 radical (unpaired) electrons. The van der Waals surface area contributed by atoms with Crippen LogP contribution in [-0.4, -0.2) is 46.1 Å². The smallest absolute Gasteiger partial charge is 0.231 e. The van der Waals surface area contributed by atoms with E-state index in [-0.39, 0.29) is 5.28 Å². The molecule has 1 N–H and O–H groups in total. The van der Waals surface area contributed by atoms with Gasteiger partial charge in [-0.2, -0.15) is 26.7 Å². The average Bonchev–Trinajstić information content (AvgIpc) is 2.39. The van der Waals surface area contributed by atoms with Gasteiger partial charge in [-0.05, 0) is 38.1 Å². The standard InChI is InChI=1S/C12H22ClN5S/c1-5-18(6-2)12-16-10(13)15-11(17-12)14-8-7-9(3)19-4/h9H,5-8H2,1-4H3,(H,14,15,16,17). The molecule has 0 saturated heterocycles. The zero-order chi connectivity index (χ0) is 14.3. The summed E-state index contributed by atoms with van der Waals surface area (Å²) in [4.78, 5) is 14.7. The maximum absolute atomic E-state index is 5.94. The first kappa shape index (κ1) is 16.3. The van der Waals surface area contributed by atoms with E-state index in [1.54, 1.807) is 0 Å². The highest BCUT2D eigenvalue weighted by Crippen LogP contribution is 2.14. The molecule has 19 heavy (non-hydrogen) atoms. The molecule has 0 spiro atoms. The number of hydrogen-bond donors (Lipinski definition) is 1. The van der Waals surface area contributed by atoms with E-state index in [2.05, 4.69) is 47.3 Å². The number of nitrogens with zero attached hydrogens (tertiary/aromatic N) is 4. The van der Waals surface area contributed by atoms with E-state index in [0.29, 0.717) is 17.1 Å². The molecule has 0 saturated carbocycles. The second-order valence-corrected chi connectivity index (χ2v) is 5.78. The first-order chi connectivity index (χ1) is 9.10. The lowest BCUT2D eigenvalue weighted by molar-refractivity contribution is 0.803. The Morgan fingerprint density at radius 1 is 1.26 bits per heavy atom. The van der Waals surface area contributed by atoms with Crippen molar-refractivity contribution in [3.05, 3.63) is 5.28 Å². The first-order valence-electron chi connectivity index (χ1n) is 6.53. The molecular weight excluding hydrogens is 282 g/mol. The summed E-state index contributed by atoms with van der Waals surface area (Å²) in [5.41, 5.74) is 0. The van der Waals surface area contributed by atoms with Gasteiger partial charge in [0.2, 0.25) is 17.2 Å². The molecule has 7 heteroatoms. The van der Waals surface area contributed by atoms with Gasteiger partial charge in [-0.25, -0.2) is 0 Å². The van der Waals surface area contributed by atoms with Gasteiger partial charge < -0.3 is 10.2 Å². The lowest BCUT2D eigenvalue weighted by Crippen LogP contribution is -2.25. The topological polar surface area (TPSA) is 53.9 Å². The summed E-state index contributed by atoms with van der Waals surface area (Å²) >= 11 is 7.79. The fourth-order valence-electron chi connectivity index (χ4n) is 1.57. The van der Waals surface area contributed by atoms with Crippen LogP contribution in [0.5, 0.6) is 0 Å². The van der Waals surface area contributed by atoms with Crippen LogP contribution in [0.4, 0.5) is 11.9 Å². The number of hydrogen-bond acceptors (Lipinski definition) is 6. The maximum atomic E-state index is 5.94. The Morgan fingerprint density at radius 2 is 1.95 bits per heavy atom. The van der Waals surface area contributed by atoms with Gasteiger partial charge in [-0.1, -0.05) is 6.92 Å². The average molecular weight is 304 g/mol. The highest BCUT2D eigenvalue weighted by molar-refractivity contribution is 7.99. The Hall–Kier alpha value is -0.750. The zero-order valence-electron chi connectivity index (χ0n) is 12.0. The summed E-state index contributed by atoms with van der Waals surface area (Å²) in [7, 11) is 0. The molecule has 1 aromatic rings. The molecule has 5 nitrogen and oxygen atoms in total. The number of aromatic nitrogens is 3. The molecule has 108 valence electrons. The summed E-state index contributed by atoms with van der Waals surface area (Å²) < 4.78 is 0. The van der Waals surface area contributed by atoms with Crippen molar-refractivity contribution in [2.45, 2.75) is 32.4 Å². The minimum atomic E-state index is 0.234. The Labute approximate surface area is 124 Å². The summed E-state index contributed by atoms with van der Waals surface area (Å²) in [6.07, 6.45) is 3.17. The Kier molecular flexibility index (Phi) is 7.23. The van der Waals surface area contributed by atoms with Crippen LogP contribution in [0.1, 0.15) is 27.2 Å². The van der Waals surface area contributed by atoms with Crippen LogP contribution in [0.25, 0.3) is 0 Å². The molecule has 0 aliphatic heterocycles. The minimum Gasteiger partial charge on any atom is -0.354 e. The highest BCUT2D eigenvalue weighted by atomic mass is 35.5. The highest BCUT2D eigenvalue weighted by Gasteiger charge is 2.10. The maximum Gasteiger partial charge on any atom is 0.231 e. The third kappa shape index (κ3) is 5.40. The Bertz CT molecular complexity index is 386. The summed E-state index contributed by atoms with van der Waals surface area (Å²) in [6.45, 7) is 8.86. The van der Waals surface area contributed by atoms with Gasteiger partial charge in [0.25, 0.3) is 0 Å². The fraction of sp³-hybridized carbons (Fsp3) is 0.750. The quantitative estimate of drug-likeness (QED) is 0.797. The monoisotopic (exact) mass is 303 g/mol. The van der Waals surface area contributed by atoms with Crippen LogP contribution in [0.3, 0.4) is 0 Å². The van der Waals surface area contributed by atoms with Crippen LogP contribution < -0.4 is 10.2 Å². The van der Waals surface area contributed by atoms with Crippen molar-refractivity contribution < 1.29 is 0 Å². The molecule has 0 aliphatic rings. The van der Waals surface area contributed by atoms with Gasteiger partial charge in [0.05, 0.1) is 0 Å². The van der Waals surface area contributed by atoms with Crippen LogP contribution in [0.2, 0.25) is 5.28 Å². The molecule has 0 aromatic carbocycles. The Balaban J connectivity index is 2.68. The molecule has 1 atom stereocenters. The number of nitrogens with one attached hydrogen (secondary N) is 1. The van der Waals surface area contributed by atoms with Gasteiger partial charge in [0, 0.05) is 24.9 Å². The van der Waals surface area contributed by atoms with Gasteiger partial charge in [0.15, 0.2) is 0 Å². The van der Waals surface area contributed by atoms with E-state index >= 15 is 0 Å². The molecule has 0 aliphatic carbocycles. The predicted molar refractivity (Wildman–Crippen MR) is 84.5 cm³/mol. The molecule has 0 bridgehead atoms. The molecule has 0 amide bonds. The van der Waals surface area contributed by atoms with E-state index in [4.69, 9.17) is 11.6 Å². The number of halogens is 1. The van der Waals surface area contributed by atoms with Gasteiger partial charge in [-0.15, -0.1) is 0 Å². The van der Waals surface area contributed by atoms with Gasteiger partial charge in [-0.3, -0.25) is 0 Å². The lowest BCUT2D eigenvalue weighted by Gasteiger charge is -2.19. The third-order valence-corrected chi connectivity index (χ3v) is 4.09. The van der Waals surface area contributed by atoms with Crippen molar-refractivity contribution in [2.75, 3.05) is 36.1 Å². The van der Waals surface area contributed by atoms with Crippen molar-refractivity contribution in [1.29, 1.82) is 0 Å². The second-order valence-electron chi connectivity index (χ2n) is 4.16. The normalized spacial score (nSPS) is 12.3. The first-order valence-corrected chi connectivity index (χ1v) is 8.20. The van der Waals surface area contributed by atoms with Crippen molar-refractivity contribution in [3.63, 3.8) is 0 Å². The minimum absolute atomic E-state index is 0.234. The Morgan fingerprint density at radius 3 is 2.53 bits per heavy atom. The predicted octanol–water partition coefficient (Wildman–Crippen LogP) is 2.92. The molecule has 1 rings (SSSR count). The number of anilines is 2. The van der Waals surface area contributed by atoms with Crippen molar-refractivity contribution in [3.8, 4) is 0 Å². The van der Waals surface area contributed by atoms with E-state index in [0.717, 1.165) is 26.1 Å². The van der Waals surface area contributed by atoms with Crippen LogP contribution in [-0.2, 0) is 0 Å². The number of thioether (sulfide) groups is 1. The summed E-state index contributed by atoms with van der Waals surface area (Å²) in [5, 5.41) is 4.06. The van der Waals surface area contributed by atoms with Crippen molar-refractivity contribution >= 4 is 35.3 Å². The second kappa shape index (κ2) is 8.43. The fourth-order valence-corrected chi connectivity index (χ4v) is 2.08. The zero-order valence-corrected chi connectivity index (χ0v) is 13.6. The van der Waals surface area contributed by atoms with Gasteiger partial charge >= 0.3 is 0 Å². The third-order valence-electron chi connectivity index (χ3n) is 2.88. The summed E-state index contributed by atoms with van der Waals surface area (Å²) in [6, 6.07) is 0. The van der Waals surface area contributed by atoms with E-state index in [9.17, 15) is 0 Å². The van der Waals surface area contributed by atoms with E-state index < -0.39 is 0 Å². The van der Waals surface area contributed by atoms with Crippen LogP contribution in [0, 0.1) is 0 Å². The molecule has 0 fully saturated rings. The molecular formula is C12H22ClN5S. The summed E-state index contributed by atoms with van der Waals surface area (Å²) in [5.74, 6) is 1.18. The largest absolute Gasteiger partial charge is 0.354 e. The van der Waals surface area contributed by atoms with Gasteiger partial charge in [0.1, 0.15) is 0 Å². The SMILES string of the molecule is CCN(CC)c1nc(Cl)nc(NCCC(C)SC)n1. The van der Waals surface area contributed by atoms with Crippen LogP contribution in [0.15, 0.2) is 0 Å². The molecule has 1 aromatic heterocycles. The van der Waals surface area contributed by atoms with E-state index in [1.165, 1.54) is 0 Å². The molecule has 1 heterocycles. The lowest BCUT2D eigenvalue weighted by atomic mass is 10.3.